The number of carbonyl (C=O) groups excluding carboxylic acids is 2. The van der Waals surface area contributed by atoms with E-state index < -0.39 is 0 Å². The molecular weight excluding hydrogens is 248 g/mol. The summed E-state index contributed by atoms with van der Waals surface area (Å²) in [5, 5.41) is 2.24. The summed E-state index contributed by atoms with van der Waals surface area (Å²) in [6.45, 7) is 2.68. The number of rotatable bonds is 4. The summed E-state index contributed by atoms with van der Waals surface area (Å²) in [6, 6.07) is 3.32. The zero-order valence-corrected chi connectivity index (χ0v) is 10.7. The number of nitrogens with zero attached hydrogens (tertiary/aromatic N) is 2. The molecule has 1 aliphatic heterocycles. The fourth-order valence-corrected chi connectivity index (χ4v) is 1.73. The van der Waals surface area contributed by atoms with Crippen LogP contribution in [0.4, 0.5) is 11.5 Å². The van der Waals surface area contributed by atoms with Gasteiger partial charge in [-0.15, -0.1) is 0 Å². The standard InChI is InChI=1S/C12H16N4O3/c1-2-5-19-12-8(13)3-4-9(14-12)16-6-10(17)15-11(18)7-16/h3-4H,2,5-7,13H2,1H3,(H,15,17,18). The third-order valence-corrected chi connectivity index (χ3v) is 2.59. The molecular formula is C12H16N4O3. The minimum atomic E-state index is -0.342. The van der Waals surface area contributed by atoms with E-state index in [4.69, 9.17) is 10.5 Å². The topological polar surface area (TPSA) is 97.5 Å². The lowest BCUT2D eigenvalue weighted by Gasteiger charge is -2.26. The molecule has 1 fully saturated rings. The number of ether oxygens (including phenoxy) is 1. The third-order valence-electron chi connectivity index (χ3n) is 2.59. The van der Waals surface area contributed by atoms with Crippen molar-refractivity contribution in [3.05, 3.63) is 12.1 Å². The minimum absolute atomic E-state index is 0.0931. The van der Waals surface area contributed by atoms with Gasteiger partial charge >= 0.3 is 0 Å². The Morgan fingerprint density at radius 3 is 2.68 bits per heavy atom. The fraction of sp³-hybridized carbons (Fsp3) is 0.417. The number of nitrogens with two attached hydrogens (primary N) is 1. The zero-order chi connectivity index (χ0) is 13.8. The number of nitrogens with one attached hydrogen (secondary N) is 1. The summed E-state index contributed by atoms with van der Waals surface area (Å²) in [6.07, 6.45) is 0.843. The van der Waals surface area contributed by atoms with Crippen LogP contribution in [-0.4, -0.2) is 36.5 Å². The summed E-state index contributed by atoms with van der Waals surface area (Å²) in [5.41, 5.74) is 6.20. The van der Waals surface area contributed by atoms with E-state index in [1.54, 1.807) is 17.0 Å². The Morgan fingerprint density at radius 2 is 2.05 bits per heavy atom. The van der Waals surface area contributed by atoms with Crippen molar-refractivity contribution in [2.75, 3.05) is 30.3 Å². The highest BCUT2D eigenvalue weighted by molar-refractivity contribution is 6.02. The molecule has 19 heavy (non-hydrogen) atoms. The highest BCUT2D eigenvalue weighted by atomic mass is 16.5. The molecule has 0 unspecified atom stereocenters. The first-order valence-electron chi connectivity index (χ1n) is 6.07. The van der Waals surface area contributed by atoms with Gasteiger partial charge in [0, 0.05) is 0 Å². The van der Waals surface area contributed by atoms with Gasteiger partial charge in [-0.25, -0.2) is 0 Å². The van der Waals surface area contributed by atoms with Crippen LogP contribution in [0, 0.1) is 0 Å². The first-order valence-corrected chi connectivity index (χ1v) is 6.07. The van der Waals surface area contributed by atoms with Gasteiger partial charge in [0.15, 0.2) is 0 Å². The van der Waals surface area contributed by atoms with Crippen molar-refractivity contribution in [3.8, 4) is 5.88 Å². The van der Waals surface area contributed by atoms with Gasteiger partial charge < -0.3 is 15.4 Å². The van der Waals surface area contributed by atoms with Crippen molar-refractivity contribution < 1.29 is 14.3 Å². The van der Waals surface area contributed by atoms with Gasteiger partial charge in [0.1, 0.15) is 5.82 Å². The van der Waals surface area contributed by atoms with E-state index in [0.717, 1.165) is 6.42 Å². The van der Waals surface area contributed by atoms with Crippen molar-refractivity contribution in [1.82, 2.24) is 10.3 Å². The molecule has 7 heteroatoms. The molecule has 0 radical (unpaired) electrons. The maximum atomic E-state index is 11.3. The van der Waals surface area contributed by atoms with E-state index >= 15 is 0 Å². The predicted octanol–water partition coefficient (Wildman–Crippen LogP) is -0.0846. The maximum absolute atomic E-state index is 11.3. The van der Waals surface area contributed by atoms with Crippen molar-refractivity contribution in [2.45, 2.75) is 13.3 Å². The highest BCUT2D eigenvalue weighted by Crippen LogP contribution is 2.23. The van der Waals surface area contributed by atoms with Crippen molar-refractivity contribution >= 4 is 23.3 Å². The monoisotopic (exact) mass is 264 g/mol. The Balaban J connectivity index is 2.19. The molecule has 0 aliphatic carbocycles. The van der Waals surface area contributed by atoms with Crippen molar-refractivity contribution in [1.29, 1.82) is 0 Å². The second-order valence-electron chi connectivity index (χ2n) is 4.24. The predicted molar refractivity (Wildman–Crippen MR) is 69.8 cm³/mol. The number of aromatic nitrogens is 1. The van der Waals surface area contributed by atoms with E-state index in [1.165, 1.54) is 0 Å². The number of nitrogen functional groups attached to an aromatic ring is 1. The number of piperazine rings is 1. The van der Waals surface area contributed by atoms with Crippen LogP contribution in [0.2, 0.25) is 0 Å². The smallest absolute Gasteiger partial charge is 0.246 e. The first kappa shape index (κ1) is 13.1. The van der Waals surface area contributed by atoms with Crippen LogP contribution in [0.25, 0.3) is 0 Å². The van der Waals surface area contributed by atoms with E-state index in [0.29, 0.717) is 24.0 Å². The molecule has 0 spiro atoms. The van der Waals surface area contributed by atoms with Crippen molar-refractivity contribution in [2.24, 2.45) is 0 Å². The van der Waals surface area contributed by atoms with Gasteiger partial charge in [0.2, 0.25) is 17.7 Å². The molecule has 0 aromatic carbocycles. The summed E-state index contributed by atoms with van der Waals surface area (Å²) in [7, 11) is 0. The molecule has 2 heterocycles. The number of pyridine rings is 1. The van der Waals surface area contributed by atoms with Gasteiger partial charge in [0.05, 0.1) is 25.4 Å². The van der Waals surface area contributed by atoms with Crippen LogP contribution in [0.3, 0.4) is 0 Å². The molecule has 2 rings (SSSR count). The largest absolute Gasteiger partial charge is 0.476 e. The first-order chi connectivity index (χ1) is 9.10. The molecule has 102 valence electrons. The zero-order valence-electron chi connectivity index (χ0n) is 10.7. The summed E-state index contributed by atoms with van der Waals surface area (Å²) < 4.78 is 5.42. The molecule has 3 N–H and O–H groups in total. The Bertz CT molecular complexity index is 488. The molecule has 0 atom stereocenters. The Kier molecular flexibility index (Phi) is 3.84. The summed E-state index contributed by atoms with van der Waals surface area (Å²) >= 11 is 0. The van der Waals surface area contributed by atoms with Crippen LogP contribution in [0.1, 0.15) is 13.3 Å². The average Bonchev–Trinajstić information content (AvgIpc) is 2.36. The maximum Gasteiger partial charge on any atom is 0.246 e. The molecule has 7 nitrogen and oxygen atoms in total. The Hall–Kier alpha value is -2.31. The van der Waals surface area contributed by atoms with E-state index in [9.17, 15) is 9.59 Å². The normalized spacial score (nSPS) is 15.3. The van der Waals surface area contributed by atoms with Gasteiger partial charge in [-0.1, -0.05) is 6.92 Å². The van der Waals surface area contributed by atoms with Crippen LogP contribution >= 0.6 is 0 Å². The second-order valence-corrected chi connectivity index (χ2v) is 4.24. The average molecular weight is 264 g/mol. The molecule has 1 aromatic rings. The number of hydrogen-bond donors (Lipinski definition) is 2. The lowest BCUT2D eigenvalue weighted by atomic mass is 10.3. The van der Waals surface area contributed by atoms with E-state index in [-0.39, 0.29) is 24.9 Å². The summed E-state index contributed by atoms with van der Waals surface area (Å²) in [5.74, 6) is 0.151. The lowest BCUT2D eigenvalue weighted by molar-refractivity contribution is -0.130. The van der Waals surface area contributed by atoms with Gasteiger partial charge in [-0.05, 0) is 18.6 Å². The Morgan fingerprint density at radius 1 is 1.37 bits per heavy atom. The lowest BCUT2D eigenvalue weighted by Crippen LogP contribution is -2.51. The number of amides is 2. The molecule has 1 aliphatic rings. The Labute approximate surface area is 110 Å². The van der Waals surface area contributed by atoms with Gasteiger partial charge in [-0.2, -0.15) is 4.98 Å². The van der Waals surface area contributed by atoms with Crippen molar-refractivity contribution in [3.63, 3.8) is 0 Å². The number of imide groups is 1. The molecule has 1 saturated heterocycles. The number of carbonyl (C=O) groups is 2. The van der Waals surface area contributed by atoms with E-state index in [1.807, 2.05) is 6.92 Å². The summed E-state index contributed by atoms with van der Waals surface area (Å²) in [4.78, 5) is 28.5. The number of anilines is 2. The van der Waals surface area contributed by atoms with Gasteiger partial charge in [-0.3, -0.25) is 14.9 Å². The molecule has 0 bridgehead atoms. The van der Waals surface area contributed by atoms with Crippen LogP contribution in [0.15, 0.2) is 12.1 Å². The number of hydrogen-bond acceptors (Lipinski definition) is 6. The highest BCUT2D eigenvalue weighted by Gasteiger charge is 2.24. The molecule has 0 saturated carbocycles. The molecule has 2 amide bonds. The quantitative estimate of drug-likeness (QED) is 0.738. The third kappa shape index (κ3) is 3.12. The van der Waals surface area contributed by atoms with E-state index in [2.05, 4.69) is 10.3 Å². The van der Waals surface area contributed by atoms with Crippen LogP contribution < -0.4 is 20.7 Å². The van der Waals surface area contributed by atoms with Crippen LogP contribution in [-0.2, 0) is 9.59 Å². The second kappa shape index (κ2) is 5.55. The minimum Gasteiger partial charge on any atom is -0.476 e. The van der Waals surface area contributed by atoms with Crippen LogP contribution in [0.5, 0.6) is 5.88 Å². The SMILES string of the molecule is CCCOc1nc(N2CC(=O)NC(=O)C2)ccc1N. The van der Waals surface area contributed by atoms with Gasteiger partial charge in [0.25, 0.3) is 0 Å². The molecule has 1 aromatic heterocycles. The fourth-order valence-electron chi connectivity index (χ4n) is 1.73.